The number of anilines is 3. The Hall–Kier alpha value is -2.56. The van der Waals surface area contributed by atoms with Crippen molar-refractivity contribution in [2.75, 3.05) is 29.2 Å². The van der Waals surface area contributed by atoms with E-state index in [2.05, 4.69) is 27.3 Å². The number of rotatable bonds is 1. The van der Waals surface area contributed by atoms with Crippen LogP contribution in [0.25, 0.3) is 0 Å². The third-order valence-corrected chi connectivity index (χ3v) is 4.30. The molecule has 0 fully saturated rings. The number of hydrogen-bond donors (Lipinski definition) is 1. The fourth-order valence-electron chi connectivity index (χ4n) is 3.09. The fraction of sp³-hybridized carbons (Fsp3) is 0.250. The monoisotopic (exact) mass is 280 g/mol. The first-order valence-corrected chi connectivity index (χ1v) is 6.99. The molecule has 0 spiro atoms. The highest BCUT2D eigenvalue weighted by molar-refractivity contribution is 6.03. The van der Waals surface area contributed by atoms with Gasteiger partial charge in [0.05, 0.1) is 23.5 Å². The van der Waals surface area contributed by atoms with Gasteiger partial charge in [-0.1, -0.05) is 6.07 Å². The molecule has 4 rings (SSSR count). The lowest BCUT2D eigenvalue weighted by Gasteiger charge is -2.21. The van der Waals surface area contributed by atoms with E-state index in [1.54, 1.807) is 11.1 Å². The third kappa shape index (κ3) is 1.70. The van der Waals surface area contributed by atoms with Gasteiger partial charge in [-0.05, 0) is 29.8 Å². The summed E-state index contributed by atoms with van der Waals surface area (Å²) in [4.78, 5) is 20.1. The average molecular weight is 280 g/mol. The zero-order valence-electron chi connectivity index (χ0n) is 12.0. The number of nitrogens with zero attached hydrogens (tertiary/aromatic N) is 3. The Labute approximate surface area is 123 Å². The zero-order chi connectivity index (χ0) is 14.6. The predicted molar refractivity (Wildman–Crippen MR) is 82.6 cm³/mol. The highest BCUT2D eigenvalue weighted by Gasteiger charge is 2.32. The number of carbonyl (C=O) groups is 1. The summed E-state index contributed by atoms with van der Waals surface area (Å²) in [5, 5.41) is 3.49. The lowest BCUT2D eigenvalue weighted by Crippen LogP contribution is -2.24. The molecule has 2 aliphatic heterocycles. The van der Waals surface area contributed by atoms with Crippen LogP contribution in [0.3, 0.4) is 0 Å². The number of nitrogens with one attached hydrogen (secondary N) is 1. The topological polar surface area (TPSA) is 48.5 Å². The molecular formula is C16H16N4O. The number of amides is 1. The maximum Gasteiger partial charge on any atom is 0.231 e. The van der Waals surface area contributed by atoms with Gasteiger partial charge in [0.15, 0.2) is 0 Å². The van der Waals surface area contributed by atoms with Crippen molar-refractivity contribution < 1.29 is 4.79 Å². The fourth-order valence-corrected chi connectivity index (χ4v) is 3.09. The quantitative estimate of drug-likeness (QED) is 0.869. The van der Waals surface area contributed by atoms with Crippen molar-refractivity contribution in [2.45, 2.75) is 12.6 Å². The number of likely N-dealkylation sites (N-methyl/N-ethyl adjacent to an activating group) is 1. The molecule has 1 aromatic carbocycles. The van der Waals surface area contributed by atoms with Crippen LogP contribution in [-0.4, -0.2) is 25.0 Å². The van der Waals surface area contributed by atoms with Gasteiger partial charge in [0.2, 0.25) is 5.91 Å². The van der Waals surface area contributed by atoms with Crippen LogP contribution in [0.5, 0.6) is 0 Å². The Balaban J connectivity index is 1.75. The molecule has 0 saturated carbocycles. The minimum Gasteiger partial charge on any atom is -0.359 e. The number of aromatic nitrogens is 1. The van der Waals surface area contributed by atoms with Gasteiger partial charge in [-0.3, -0.25) is 9.78 Å². The van der Waals surface area contributed by atoms with Gasteiger partial charge in [0.25, 0.3) is 0 Å². The van der Waals surface area contributed by atoms with E-state index in [0.717, 1.165) is 28.3 Å². The van der Waals surface area contributed by atoms with Crippen molar-refractivity contribution in [3.63, 3.8) is 0 Å². The normalized spacial score (nSPS) is 19.5. The second-order valence-corrected chi connectivity index (χ2v) is 5.54. The predicted octanol–water partition coefficient (Wildman–Crippen LogP) is 2.16. The number of fused-ring (bicyclic) bond motifs is 2. The second-order valence-electron chi connectivity index (χ2n) is 5.54. The lowest BCUT2D eigenvalue weighted by atomic mass is 10.1. The summed E-state index contributed by atoms with van der Waals surface area (Å²) >= 11 is 0. The molecule has 5 heteroatoms. The molecule has 1 aromatic heterocycles. The first-order valence-electron chi connectivity index (χ1n) is 6.99. The molecule has 1 unspecified atom stereocenters. The minimum atomic E-state index is 0.0322. The molecule has 21 heavy (non-hydrogen) atoms. The van der Waals surface area contributed by atoms with Gasteiger partial charge in [-0.25, -0.2) is 0 Å². The second kappa shape index (κ2) is 4.22. The standard InChI is InChI=1S/C16H16N4O/c1-19-13-9-14-12(7-10(13)8-15(19)21)18-16(20(14)2)11-5-3-4-6-17-11/h3-7,9,16,18H,8H2,1-2H3. The van der Waals surface area contributed by atoms with E-state index in [0.29, 0.717) is 6.42 Å². The highest BCUT2D eigenvalue weighted by atomic mass is 16.2. The van der Waals surface area contributed by atoms with Crippen LogP contribution in [0.15, 0.2) is 36.5 Å². The molecular weight excluding hydrogens is 264 g/mol. The zero-order valence-corrected chi connectivity index (χ0v) is 12.0. The molecule has 2 aromatic rings. The largest absolute Gasteiger partial charge is 0.359 e. The van der Waals surface area contributed by atoms with Crippen LogP contribution in [0.2, 0.25) is 0 Å². The van der Waals surface area contributed by atoms with Gasteiger partial charge >= 0.3 is 0 Å². The van der Waals surface area contributed by atoms with Gasteiger partial charge < -0.3 is 15.1 Å². The molecule has 0 radical (unpaired) electrons. The van der Waals surface area contributed by atoms with Crippen LogP contribution >= 0.6 is 0 Å². The molecule has 1 atom stereocenters. The lowest BCUT2D eigenvalue weighted by molar-refractivity contribution is -0.117. The molecule has 5 nitrogen and oxygen atoms in total. The van der Waals surface area contributed by atoms with E-state index in [4.69, 9.17) is 0 Å². The van der Waals surface area contributed by atoms with Crippen LogP contribution in [0.1, 0.15) is 17.4 Å². The number of pyridine rings is 1. The smallest absolute Gasteiger partial charge is 0.231 e. The van der Waals surface area contributed by atoms with E-state index < -0.39 is 0 Å². The summed E-state index contributed by atoms with van der Waals surface area (Å²) in [7, 11) is 3.88. The molecule has 0 aliphatic carbocycles. The molecule has 1 amide bonds. The molecule has 106 valence electrons. The van der Waals surface area contributed by atoms with Crippen molar-refractivity contribution in [3.05, 3.63) is 47.8 Å². The van der Waals surface area contributed by atoms with Gasteiger partial charge in [-0.2, -0.15) is 0 Å². The van der Waals surface area contributed by atoms with Gasteiger partial charge in [0.1, 0.15) is 6.17 Å². The number of hydrogen-bond acceptors (Lipinski definition) is 4. The Kier molecular flexibility index (Phi) is 2.45. The molecule has 0 bridgehead atoms. The van der Waals surface area contributed by atoms with Crippen LogP contribution < -0.4 is 15.1 Å². The van der Waals surface area contributed by atoms with Crippen molar-refractivity contribution in [1.29, 1.82) is 0 Å². The minimum absolute atomic E-state index is 0.0322. The highest BCUT2D eigenvalue weighted by Crippen LogP contribution is 2.44. The van der Waals surface area contributed by atoms with Crippen molar-refractivity contribution in [1.82, 2.24) is 4.98 Å². The maximum absolute atomic E-state index is 11.8. The number of carbonyl (C=O) groups excluding carboxylic acids is 1. The average Bonchev–Trinajstić information content (AvgIpc) is 2.96. The Morgan fingerprint density at radius 2 is 2.10 bits per heavy atom. The van der Waals surface area contributed by atoms with Crippen LogP contribution in [-0.2, 0) is 11.2 Å². The van der Waals surface area contributed by atoms with E-state index in [-0.39, 0.29) is 12.1 Å². The van der Waals surface area contributed by atoms with Crippen molar-refractivity contribution >= 4 is 23.0 Å². The summed E-state index contributed by atoms with van der Waals surface area (Å²) < 4.78 is 0. The number of benzene rings is 1. The molecule has 0 saturated heterocycles. The van der Waals surface area contributed by atoms with Gasteiger partial charge in [-0.15, -0.1) is 0 Å². The Morgan fingerprint density at radius 3 is 2.86 bits per heavy atom. The summed E-state index contributed by atoms with van der Waals surface area (Å²) in [6.45, 7) is 0. The van der Waals surface area contributed by atoms with E-state index in [1.807, 2.05) is 32.3 Å². The van der Waals surface area contributed by atoms with Crippen LogP contribution in [0.4, 0.5) is 17.1 Å². The van der Waals surface area contributed by atoms with E-state index >= 15 is 0 Å². The Morgan fingerprint density at radius 1 is 1.24 bits per heavy atom. The molecule has 2 aliphatic rings. The SMILES string of the molecule is CN1C(=O)Cc2cc3c(cc21)N(C)C(c1ccccn1)N3. The maximum atomic E-state index is 11.8. The summed E-state index contributed by atoms with van der Waals surface area (Å²) in [5.74, 6) is 0.151. The first kappa shape index (κ1) is 12.2. The Bertz CT molecular complexity index is 729. The van der Waals surface area contributed by atoms with Gasteiger partial charge in [0, 0.05) is 26.0 Å². The van der Waals surface area contributed by atoms with Crippen LogP contribution in [0, 0.1) is 0 Å². The van der Waals surface area contributed by atoms with Crippen molar-refractivity contribution in [3.8, 4) is 0 Å². The van der Waals surface area contributed by atoms with E-state index in [1.165, 1.54) is 0 Å². The van der Waals surface area contributed by atoms with E-state index in [9.17, 15) is 4.79 Å². The third-order valence-electron chi connectivity index (χ3n) is 4.30. The summed E-state index contributed by atoms with van der Waals surface area (Å²) in [5.41, 5.74) is 5.25. The molecule has 1 N–H and O–H groups in total. The molecule has 3 heterocycles. The first-order chi connectivity index (χ1) is 10.1. The summed E-state index contributed by atoms with van der Waals surface area (Å²) in [6.07, 6.45) is 2.32. The van der Waals surface area contributed by atoms with Crippen molar-refractivity contribution in [2.24, 2.45) is 0 Å². The summed E-state index contributed by atoms with van der Waals surface area (Å²) in [6, 6.07) is 10.1.